The Labute approximate surface area is 196 Å². The Kier molecular flexibility index (Phi) is 8.59. The third-order valence-electron chi connectivity index (χ3n) is 6.62. The number of Topliss-reactive ketones (excluding diaryl/α,β-unsaturated/α-hetero) is 1. The summed E-state index contributed by atoms with van der Waals surface area (Å²) >= 11 is 0. The molecule has 0 aliphatic heterocycles. The molecule has 0 radical (unpaired) electrons. The second-order valence-electron chi connectivity index (χ2n) is 9.14. The zero-order chi connectivity index (χ0) is 25.9. The van der Waals surface area contributed by atoms with Crippen molar-refractivity contribution in [1.29, 1.82) is 0 Å². The molecule has 0 heterocycles. The number of ketones is 1. The van der Waals surface area contributed by atoms with Crippen molar-refractivity contribution < 1.29 is 31.1 Å². The van der Waals surface area contributed by atoms with Crippen LogP contribution in [0.25, 0.3) is 0 Å². The molecule has 0 aromatic heterocycles. The predicted molar refractivity (Wildman–Crippen MR) is 122 cm³/mol. The molecule has 0 spiro atoms. The molecular weight excluding hydrogens is 456 g/mol. The summed E-state index contributed by atoms with van der Waals surface area (Å²) in [5, 5.41) is 0. The van der Waals surface area contributed by atoms with Gasteiger partial charge in [-0.05, 0) is 56.7 Å². The van der Waals surface area contributed by atoms with Crippen molar-refractivity contribution in [3.63, 3.8) is 0 Å². The van der Waals surface area contributed by atoms with Crippen LogP contribution in [-0.4, -0.2) is 23.8 Å². The van der Waals surface area contributed by atoms with Crippen LogP contribution in [0, 0.1) is 24.2 Å². The highest BCUT2D eigenvalue weighted by Gasteiger charge is 2.55. The minimum atomic E-state index is -4.63. The molecule has 0 bridgehead atoms. The van der Waals surface area contributed by atoms with Crippen molar-refractivity contribution in [2.24, 2.45) is 22.2 Å². The van der Waals surface area contributed by atoms with E-state index in [4.69, 9.17) is 0 Å². The lowest BCUT2D eigenvalue weighted by Gasteiger charge is -2.20. The first-order valence-corrected chi connectivity index (χ1v) is 11.3. The normalized spacial score (nSPS) is 22.2. The van der Waals surface area contributed by atoms with Gasteiger partial charge in [0.15, 0.2) is 5.78 Å². The van der Waals surface area contributed by atoms with Crippen molar-refractivity contribution >= 4 is 11.5 Å². The summed E-state index contributed by atoms with van der Waals surface area (Å²) in [6.45, 7) is 10.0. The van der Waals surface area contributed by atoms with Crippen molar-refractivity contribution in [3.8, 4) is 0 Å². The minimum Gasteiger partial charge on any atom is -0.294 e. The number of halogens is 6. The highest BCUT2D eigenvalue weighted by molar-refractivity contribution is 6.00. The van der Waals surface area contributed by atoms with Crippen LogP contribution in [0.1, 0.15) is 67.9 Å². The summed E-state index contributed by atoms with van der Waals surface area (Å²) in [5.41, 5.74) is -0.372. The van der Waals surface area contributed by atoms with Gasteiger partial charge in [0.2, 0.25) is 0 Å². The molecule has 1 aromatic carbocycles. The summed E-state index contributed by atoms with van der Waals surface area (Å²) < 4.78 is 79.2. The zero-order valence-corrected chi connectivity index (χ0v) is 19.9. The SMILES string of the molecule is C=C(/N=C(\C=C/C)C(F)(F)F)C1(CCC(=O)c2cc(C)ccc2CC(C)C(F)(F)F)CC1CC. The summed E-state index contributed by atoms with van der Waals surface area (Å²) in [5.74, 6) is -1.88. The molecule has 188 valence electrons. The second kappa shape index (κ2) is 10.5. The van der Waals surface area contributed by atoms with Gasteiger partial charge in [0, 0.05) is 23.1 Å². The number of rotatable bonds is 10. The van der Waals surface area contributed by atoms with Crippen LogP contribution >= 0.6 is 0 Å². The lowest BCUT2D eigenvalue weighted by molar-refractivity contribution is -0.169. The highest BCUT2D eigenvalue weighted by Crippen LogP contribution is 2.62. The quantitative estimate of drug-likeness (QED) is 0.186. The van der Waals surface area contributed by atoms with Gasteiger partial charge in [-0.15, -0.1) is 0 Å². The summed E-state index contributed by atoms with van der Waals surface area (Å²) in [4.78, 5) is 16.9. The van der Waals surface area contributed by atoms with E-state index in [1.54, 1.807) is 25.1 Å². The first-order valence-electron chi connectivity index (χ1n) is 11.3. The molecule has 2 rings (SSSR count). The van der Waals surface area contributed by atoms with E-state index in [-0.39, 0.29) is 42.2 Å². The van der Waals surface area contributed by atoms with Gasteiger partial charge in [-0.1, -0.05) is 50.6 Å². The smallest absolute Gasteiger partial charge is 0.294 e. The Balaban J connectivity index is 2.26. The summed E-state index contributed by atoms with van der Waals surface area (Å²) in [6.07, 6.45) is -5.68. The van der Waals surface area contributed by atoms with Gasteiger partial charge in [0.05, 0.1) is 5.92 Å². The average Bonchev–Trinajstić information content (AvgIpc) is 3.46. The van der Waals surface area contributed by atoms with Crippen molar-refractivity contribution in [1.82, 2.24) is 0 Å². The number of allylic oxidation sites excluding steroid dienone is 3. The molecule has 0 N–H and O–H groups in total. The monoisotopic (exact) mass is 487 g/mol. The topological polar surface area (TPSA) is 29.4 Å². The number of aryl methyl sites for hydroxylation is 1. The van der Waals surface area contributed by atoms with E-state index in [9.17, 15) is 31.1 Å². The molecule has 1 fully saturated rings. The number of hydrogen-bond donors (Lipinski definition) is 0. The van der Waals surface area contributed by atoms with Crippen LogP contribution in [0.2, 0.25) is 0 Å². The average molecular weight is 488 g/mol. The maximum absolute atomic E-state index is 13.3. The van der Waals surface area contributed by atoms with Gasteiger partial charge in [-0.25, -0.2) is 4.99 Å². The molecule has 8 heteroatoms. The third-order valence-corrected chi connectivity index (χ3v) is 6.62. The van der Waals surface area contributed by atoms with Crippen molar-refractivity contribution in [3.05, 3.63) is 59.3 Å². The van der Waals surface area contributed by atoms with Crippen LogP contribution in [-0.2, 0) is 6.42 Å². The van der Waals surface area contributed by atoms with Crippen LogP contribution in [0.4, 0.5) is 26.3 Å². The number of aliphatic imine (C=N–C) groups is 1. The third kappa shape index (κ3) is 6.60. The van der Waals surface area contributed by atoms with E-state index in [2.05, 4.69) is 11.6 Å². The first-order chi connectivity index (χ1) is 15.7. The minimum absolute atomic E-state index is 0.00708. The largest absolute Gasteiger partial charge is 0.433 e. The second-order valence-corrected chi connectivity index (χ2v) is 9.14. The molecule has 1 aromatic rings. The molecule has 0 amide bonds. The van der Waals surface area contributed by atoms with Crippen LogP contribution in [0.15, 0.2) is 47.6 Å². The maximum Gasteiger partial charge on any atom is 0.433 e. The Morgan fingerprint density at radius 2 is 1.91 bits per heavy atom. The first kappa shape index (κ1) is 27.9. The molecule has 3 unspecified atom stereocenters. The number of alkyl halides is 6. The zero-order valence-electron chi connectivity index (χ0n) is 19.9. The molecule has 3 atom stereocenters. The van der Waals surface area contributed by atoms with Gasteiger partial charge in [0.25, 0.3) is 0 Å². The van der Waals surface area contributed by atoms with Crippen molar-refractivity contribution in [2.45, 2.75) is 72.2 Å². The predicted octanol–water partition coefficient (Wildman–Crippen LogP) is 8.21. The summed E-state index contributed by atoms with van der Waals surface area (Å²) in [7, 11) is 0. The van der Waals surface area contributed by atoms with Crippen LogP contribution < -0.4 is 0 Å². The lowest BCUT2D eigenvalue weighted by atomic mass is 9.87. The van der Waals surface area contributed by atoms with E-state index >= 15 is 0 Å². The van der Waals surface area contributed by atoms with Crippen LogP contribution in [0.5, 0.6) is 0 Å². The number of carbonyl (C=O) groups is 1. The standard InChI is InChI=1S/C26H31F6NO/c1-6-8-23(26(30,31)32)33-18(5)24(15-20(24)7-2)12-11-22(34)21-13-16(3)9-10-19(21)14-17(4)25(27,28)29/h6,8-10,13,17,20H,5,7,11-12,14-15H2,1-4H3/b8-6-,33-23+. The Bertz CT molecular complexity index is 972. The van der Waals surface area contributed by atoms with E-state index in [1.807, 2.05) is 6.92 Å². The van der Waals surface area contributed by atoms with Crippen molar-refractivity contribution in [2.75, 3.05) is 0 Å². The van der Waals surface area contributed by atoms with Gasteiger partial charge in [-0.3, -0.25) is 4.79 Å². The molecule has 1 aliphatic carbocycles. The van der Waals surface area contributed by atoms with Crippen LogP contribution in [0.3, 0.4) is 0 Å². The number of hydrogen-bond acceptors (Lipinski definition) is 2. The Morgan fingerprint density at radius 3 is 2.41 bits per heavy atom. The molecule has 34 heavy (non-hydrogen) atoms. The number of nitrogens with zero attached hydrogens (tertiary/aromatic N) is 1. The summed E-state index contributed by atoms with van der Waals surface area (Å²) in [6, 6.07) is 4.79. The fraction of sp³-hybridized carbons (Fsp3) is 0.538. The number of benzene rings is 1. The molecule has 1 aliphatic rings. The van der Waals surface area contributed by atoms with E-state index < -0.39 is 29.4 Å². The Hall–Kier alpha value is -2.38. The molecule has 2 nitrogen and oxygen atoms in total. The van der Waals surface area contributed by atoms with Gasteiger partial charge >= 0.3 is 12.4 Å². The van der Waals surface area contributed by atoms with Gasteiger partial charge < -0.3 is 0 Å². The van der Waals surface area contributed by atoms with Gasteiger partial charge in [-0.2, -0.15) is 26.3 Å². The van der Waals surface area contributed by atoms with Gasteiger partial charge in [0.1, 0.15) is 5.71 Å². The molecule has 1 saturated carbocycles. The highest BCUT2D eigenvalue weighted by atomic mass is 19.4. The fourth-order valence-electron chi connectivity index (χ4n) is 4.37. The maximum atomic E-state index is 13.3. The molecular formula is C26H31F6NO. The fourth-order valence-corrected chi connectivity index (χ4v) is 4.37. The van der Waals surface area contributed by atoms with E-state index in [1.165, 1.54) is 13.0 Å². The van der Waals surface area contributed by atoms with E-state index in [0.717, 1.165) is 18.6 Å². The lowest BCUT2D eigenvalue weighted by Crippen LogP contribution is -2.23. The molecule has 0 saturated heterocycles. The van der Waals surface area contributed by atoms with E-state index in [0.29, 0.717) is 18.4 Å². The number of carbonyl (C=O) groups excluding carboxylic acids is 1. The Morgan fingerprint density at radius 1 is 1.26 bits per heavy atom.